The van der Waals surface area contributed by atoms with Crippen LogP contribution in [-0.4, -0.2) is 14.6 Å². The fourth-order valence-electron chi connectivity index (χ4n) is 1.20. The molecule has 0 atom stereocenters. The van der Waals surface area contributed by atoms with Crippen molar-refractivity contribution >= 4 is 39.8 Å². The number of fused-ring (bicyclic) bond motifs is 1. The van der Waals surface area contributed by atoms with E-state index in [4.69, 9.17) is 11.6 Å². The van der Waals surface area contributed by atoms with Crippen molar-refractivity contribution in [2.75, 3.05) is 0 Å². The van der Waals surface area contributed by atoms with Crippen LogP contribution < -0.4 is 0 Å². The summed E-state index contributed by atoms with van der Waals surface area (Å²) >= 11 is 8.20. The third kappa shape index (κ3) is 1.52. The van der Waals surface area contributed by atoms with Crippen LogP contribution in [0.15, 0.2) is 12.3 Å². The van der Waals surface area contributed by atoms with Crippen molar-refractivity contribution in [2.45, 2.75) is 13.3 Å². The second-order valence-corrected chi connectivity index (χ2v) is 4.00. The Kier molecular flexibility index (Phi) is 2.42. The Balaban J connectivity index is 2.78. The Morgan fingerprint density at radius 2 is 2.38 bits per heavy atom. The van der Waals surface area contributed by atoms with E-state index < -0.39 is 0 Å². The number of aromatic nitrogens is 3. The average molecular weight is 308 g/mol. The molecule has 0 aliphatic heterocycles. The van der Waals surface area contributed by atoms with Crippen molar-refractivity contribution in [3.63, 3.8) is 0 Å². The highest BCUT2D eigenvalue weighted by Crippen LogP contribution is 2.21. The highest BCUT2D eigenvalue weighted by atomic mass is 127. The van der Waals surface area contributed by atoms with E-state index in [0.29, 0.717) is 8.85 Å². The van der Waals surface area contributed by atoms with Crippen LogP contribution in [0.1, 0.15) is 12.5 Å². The van der Waals surface area contributed by atoms with Crippen LogP contribution in [0.3, 0.4) is 0 Å². The van der Waals surface area contributed by atoms with Crippen molar-refractivity contribution < 1.29 is 0 Å². The third-order valence-corrected chi connectivity index (χ3v) is 2.75. The Bertz CT molecular complexity index is 452. The fourth-order valence-corrected chi connectivity index (χ4v) is 1.99. The standard InChI is InChI=1S/C8H7ClIN3/c1-2-5-3-4-13-7(6(5)9)11-8(10)12-13/h3-4H,2H2,1H3. The third-order valence-electron chi connectivity index (χ3n) is 1.88. The van der Waals surface area contributed by atoms with Crippen molar-refractivity contribution in [1.29, 1.82) is 0 Å². The molecule has 0 aliphatic carbocycles. The summed E-state index contributed by atoms with van der Waals surface area (Å²) in [7, 11) is 0. The van der Waals surface area contributed by atoms with E-state index in [1.165, 1.54) is 0 Å². The Hall–Kier alpha value is -0.360. The zero-order valence-electron chi connectivity index (χ0n) is 6.96. The van der Waals surface area contributed by atoms with Crippen LogP contribution in [-0.2, 0) is 6.42 Å². The van der Waals surface area contributed by atoms with Gasteiger partial charge in [-0.1, -0.05) is 18.5 Å². The van der Waals surface area contributed by atoms with Gasteiger partial charge in [-0.15, -0.1) is 5.10 Å². The van der Waals surface area contributed by atoms with E-state index in [1.807, 2.05) is 12.3 Å². The average Bonchev–Trinajstić information content (AvgIpc) is 2.47. The second-order valence-electron chi connectivity index (χ2n) is 2.66. The molecule has 0 aliphatic rings. The number of pyridine rings is 1. The summed E-state index contributed by atoms with van der Waals surface area (Å²) < 4.78 is 2.41. The minimum Gasteiger partial charge on any atom is -0.218 e. The minimum atomic E-state index is 0.709. The SMILES string of the molecule is CCc1ccn2nc(I)nc2c1Cl. The molecule has 2 aromatic heterocycles. The molecule has 3 nitrogen and oxygen atoms in total. The van der Waals surface area contributed by atoms with Gasteiger partial charge in [-0.2, -0.15) is 0 Å². The molecule has 0 saturated heterocycles. The molecule has 2 rings (SSSR count). The van der Waals surface area contributed by atoms with Gasteiger partial charge in [0.2, 0.25) is 3.83 Å². The van der Waals surface area contributed by atoms with Gasteiger partial charge in [-0.05, 0) is 18.1 Å². The topological polar surface area (TPSA) is 30.2 Å². The number of hydrogen-bond donors (Lipinski definition) is 0. The zero-order valence-corrected chi connectivity index (χ0v) is 9.87. The first-order valence-corrected chi connectivity index (χ1v) is 5.37. The van der Waals surface area contributed by atoms with Crippen LogP contribution in [0.2, 0.25) is 5.02 Å². The van der Waals surface area contributed by atoms with Crippen LogP contribution >= 0.6 is 34.2 Å². The van der Waals surface area contributed by atoms with E-state index in [-0.39, 0.29) is 0 Å². The minimum absolute atomic E-state index is 0.709. The van der Waals surface area contributed by atoms with Crippen molar-refractivity contribution in [2.24, 2.45) is 0 Å². The highest BCUT2D eigenvalue weighted by molar-refractivity contribution is 14.1. The predicted octanol–water partition coefficient (Wildman–Crippen LogP) is 2.55. The molecule has 2 aromatic rings. The maximum Gasteiger partial charge on any atom is 0.212 e. The van der Waals surface area contributed by atoms with Gasteiger partial charge < -0.3 is 0 Å². The van der Waals surface area contributed by atoms with Gasteiger partial charge in [-0.25, -0.2) is 9.50 Å². The molecular formula is C8H7ClIN3. The van der Waals surface area contributed by atoms with Crippen molar-refractivity contribution in [3.8, 4) is 0 Å². The number of hydrogen-bond acceptors (Lipinski definition) is 2. The van der Waals surface area contributed by atoms with Gasteiger partial charge in [0.25, 0.3) is 0 Å². The summed E-state index contributed by atoms with van der Waals surface area (Å²) in [5.74, 6) is 0. The highest BCUT2D eigenvalue weighted by Gasteiger charge is 2.07. The lowest BCUT2D eigenvalue weighted by Crippen LogP contribution is -1.91. The maximum atomic E-state index is 6.13. The van der Waals surface area contributed by atoms with Gasteiger partial charge >= 0.3 is 0 Å². The zero-order chi connectivity index (χ0) is 9.42. The van der Waals surface area contributed by atoms with E-state index >= 15 is 0 Å². The molecule has 68 valence electrons. The number of halogens is 2. The van der Waals surface area contributed by atoms with E-state index in [2.05, 4.69) is 39.6 Å². The quantitative estimate of drug-likeness (QED) is 0.758. The molecule has 13 heavy (non-hydrogen) atoms. The Morgan fingerprint density at radius 1 is 1.62 bits per heavy atom. The molecule has 0 spiro atoms. The lowest BCUT2D eigenvalue weighted by Gasteiger charge is -2.00. The molecule has 0 fully saturated rings. The first-order valence-electron chi connectivity index (χ1n) is 3.91. The van der Waals surface area contributed by atoms with E-state index in [0.717, 1.165) is 17.6 Å². The predicted molar refractivity (Wildman–Crippen MR) is 60.1 cm³/mol. The normalized spacial score (nSPS) is 11.0. The Morgan fingerprint density at radius 3 is 3.08 bits per heavy atom. The molecule has 0 amide bonds. The monoisotopic (exact) mass is 307 g/mol. The fraction of sp³-hybridized carbons (Fsp3) is 0.250. The molecule has 2 heterocycles. The van der Waals surface area contributed by atoms with Gasteiger partial charge in [-0.3, -0.25) is 0 Å². The van der Waals surface area contributed by atoms with E-state index in [1.54, 1.807) is 4.52 Å². The lowest BCUT2D eigenvalue weighted by molar-refractivity contribution is 0.936. The second kappa shape index (κ2) is 3.42. The van der Waals surface area contributed by atoms with Gasteiger partial charge in [0.05, 0.1) is 5.02 Å². The molecule has 5 heteroatoms. The first kappa shape index (κ1) is 9.21. The molecule has 0 unspecified atom stereocenters. The smallest absolute Gasteiger partial charge is 0.212 e. The van der Waals surface area contributed by atoms with Crippen LogP contribution in [0, 0.1) is 3.83 Å². The van der Waals surface area contributed by atoms with E-state index in [9.17, 15) is 0 Å². The number of nitrogens with zero attached hydrogens (tertiary/aromatic N) is 3. The number of aryl methyl sites for hydroxylation is 1. The molecule has 0 radical (unpaired) electrons. The van der Waals surface area contributed by atoms with Crippen LogP contribution in [0.25, 0.3) is 5.65 Å². The summed E-state index contributed by atoms with van der Waals surface area (Å²) in [5, 5.41) is 4.87. The largest absolute Gasteiger partial charge is 0.218 e. The van der Waals surface area contributed by atoms with Crippen LogP contribution in [0.5, 0.6) is 0 Å². The van der Waals surface area contributed by atoms with Gasteiger partial charge in [0, 0.05) is 28.8 Å². The molecule has 0 aromatic carbocycles. The van der Waals surface area contributed by atoms with Crippen molar-refractivity contribution in [3.05, 3.63) is 26.7 Å². The molecule has 0 N–H and O–H groups in total. The molecular weight excluding hydrogens is 300 g/mol. The summed E-state index contributed by atoms with van der Waals surface area (Å²) in [5.41, 5.74) is 1.85. The molecule has 0 saturated carbocycles. The first-order chi connectivity index (χ1) is 6.22. The van der Waals surface area contributed by atoms with Gasteiger partial charge in [0.15, 0.2) is 5.65 Å². The van der Waals surface area contributed by atoms with Crippen molar-refractivity contribution in [1.82, 2.24) is 14.6 Å². The summed E-state index contributed by atoms with van der Waals surface area (Å²) in [4.78, 5) is 4.23. The van der Waals surface area contributed by atoms with Gasteiger partial charge in [0.1, 0.15) is 0 Å². The molecule has 0 bridgehead atoms. The maximum absolute atomic E-state index is 6.13. The van der Waals surface area contributed by atoms with Crippen LogP contribution in [0.4, 0.5) is 0 Å². The summed E-state index contributed by atoms with van der Waals surface area (Å²) in [6, 6.07) is 1.97. The summed E-state index contributed by atoms with van der Waals surface area (Å²) in [6.45, 7) is 2.07. The summed E-state index contributed by atoms with van der Waals surface area (Å²) in [6.07, 6.45) is 2.80. The lowest BCUT2D eigenvalue weighted by atomic mass is 10.2. The Labute approximate surface area is 94.3 Å². The number of rotatable bonds is 1.